The molecule has 0 atom stereocenters. The number of hydrogen-bond acceptors (Lipinski definition) is 6. The van der Waals surface area contributed by atoms with Crippen LogP contribution in [0.4, 0.5) is 0 Å². The lowest BCUT2D eigenvalue weighted by atomic mass is 10.2. The van der Waals surface area contributed by atoms with Gasteiger partial charge in [-0.1, -0.05) is 23.9 Å². The summed E-state index contributed by atoms with van der Waals surface area (Å²) in [6.07, 6.45) is 1.52. The maximum Gasteiger partial charge on any atom is 0.233 e. The summed E-state index contributed by atoms with van der Waals surface area (Å²) in [6.45, 7) is 2.53. The van der Waals surface area contributed by atoms with Crippen LogP contribution in [0.15, 0.2) is 40.0 Å². The molecule has 7 heteroatoms. The van der Waals surface area contributed by atoms with Crippen molar-refractivity contribution in [1.82, 2.24) is 14.9 Å². The van der Waals surface area contributed by atoms with Crippen LogP contribution in [-0.2, 0) is 9.53 Å². The van der Waals surface area contributed by atoms with E-state index in [1.165, 1.54) is 18.1 Å². The van der Waals surface area contributed by atoms with Crippen molar-refractivity contribution in [1.29, 1.82) is 0 Å². The zero-order valence-corrected chi connectivity index (χ0v) is 13.2. The van der Waals surface area contributed by atoms with Crippen molar-refractivity contribution in [2.24, 2.45) is 0 Å². The van der Waals surface area contributed by atoms with E-state index in [9.17, 15) is 4.79 Å². The lowest BCUT2D eigenvalue weighted by molar-refractivity contribution is -0.132. The smallest absolute Gasteiger partial charge is 0.233 e. The van der Waals surface area contributed by atoms with E-state index in [1.807, 2.05) is 29.2 Å². The van der Waals surface area contributed by atoms with Gasteiger partial charge in [-0.15, -0.1) is 0 Å². The second kappa shape index (κ2) is 6.17. The molecule has 3 heterocycles. The molecule has 6 nitrogen and oxygen atoms in total. The minimum Gasteiger partial charge on any atom is -0.451 e. The van der Waals surface area contributed by atoms with E-state index in [1.54, 1.807) is 0 Å². The molecule has 0 unspecified atom stereocenters. The van der Waals surface area contributed by atoms with Crippen LogP contribution in [-0.4, -0.2) is 52.8 Å². The van der Waals surface area contributed by atoms with Crippen molar-refractivity contribution >= 4 is 39.7 Å². The summed E-state index contributed by atoms with van der Waals surface area (Å²) in [5.41, 5.74) is 2.22. The predicted molar refractivity (Wildman–Crippen MR) is 87.4 cm³/mol. The number of hydrogen-bond donors (Lipinski definition) is 0. The number of benzene rings is 1. The summed E-state index contributed by atoms with van der Waals surface area (Å²) in [4.78, 5) is 22.7. The van der Waals surface area contributed by atoms with Crippen molar-refractivity contribution in [2.75, 3.05) is 32.1 Å². The number of aromatic nitrogens is 2. The summed E-state index contributed by atoms with van der Waals surface area (Å²) in [6, 6.07) is 7.76. The highest BCUT2D eigenvalue weighted by Crippen LogP contribution is 2.32. The third-order valence-corrected chi connectivity index (χ3v) is 4.78. The Balaban J connectivity index is 1.58. The number of nitrogens with zero attached hydrogens (tertiary/aromatic N) is 3. The van der Waals surface area contributed by atoms with Crippen LogP contribution in [0.3, 0.4) is 0 Å². The van der Waals surface area contributed by atoms with Crippen molar-refractivity contribution in [2.45, 2.75) is 5.03 Å². The average Bonchev–Trinajstić information content (AvgIpc) is 3.00. The minimum atomic E-state index is 0.0983. The molecule has 1 amide bonds. The van der Waals surface area contributed by atoms with E-state index < -0.39 is 0 Å². The van der Waals surface area contributed by atoms with Gasteiger partial charge < -0.3 is 14.1 Å². The maximum atomic E-state index is 12.3. The highest BCUT2D eigenvalue weighted by molar-refractivity contribution is 8.00. The van der Waals surface area contributed by atoms with Crippen LogP contribution in [0.25, 0.3) is 22.1 Å². The molecule has 3 aromatic rings. The molecule has 1 fully saturated rings. The highest BCUT2D eigenvalue weighted by Gasteiger charge is 2.19. The summed E-state index contributed by atoms with van der Waals surface area (Å²) in [5.74, 6) is 0.435. The van der Waals surface area contributed by atoms with E-state index in [-0.39, 0.29) is 5.91 Å². The van der Waals surface area contributed by atoms with Gasteiger partial charge in [0.2, 0.25) is 5.91 Å². The monoisotopic (exact) mass is 329 g/mol. The average molecular weight is 329 g/mol. The molecule has 0 aliphatic carbocycles. The first-order valence-electron chi connectivity index (χ1n) is 7.43. The molecule has 1 aliphatic heterocycles. The van der Waals surface area contributed by atoms with E-state index >= 15 is 0 Å². The molecule has 118 valence electrons. The Morgan fingerprint density at radius 2 is 2.04 bits per heavy atom. The molecule has 2 aromatic heterocycles. The zero-order valence-electron chi connectivity index (χ0n) is 12.4. The summed E-state index contributed by atoms with van der Waals surface area (Å²) in [7, 11) is 0. The molecule has 0 saturated carbocycles. The Kier molecular flexibility index (Phi) is 3.88. The third kappa shape index (κ3) is 2.77. The molecule has 23 heavy (non-hydrogen) atoms. The Morgan fingerprint density at radius 3 is 2.91 bits per heavy atom. The van der Waals surface area contributed by atoms with E-state index in [2.05, 4.69) is 9.97 Å². The fourth-order valence-electron chi connectivity index (χ4n) is 2.64. The normalized spacial score (nSPS) is 15.4. The van der Waals surface area contributed by atoms with Gasteiger partial charge in [0.05, 0.1) is 19.0 Å². The lowest BCUT2D eigenvalue weighted by Crippen LogP contribution is -2.41. The topological polar surface area (TPSA) is 68.5 Å². The molecular weight excluding hydrogens is 314 g/mol. The first-order valence-corrected chi connectivity index (χ1v) is 8.42. The number of carbonyl (C=O) groups is 1. The molecule has 0 N–H and O–H groups in total. The van der Waals surface area contributed by atoms with Gasteiger partial charge >= 0.3 is 0 Å². The molecular formula is C16H15N3O3S. The van der Waals surface area contributed by atoms with Gasteiger partial charge in [-0.25, -0.2) is 9.97 Å². The van der Waals surface area contributed by atoms with Crippen LogP contribution >= 0.6 is 11.8 Å². The number of rotatable bonds is 3. The lowest BCUT2D eigenvalue weighted by Gasteiger charge is -2.26. The van der Waals surface area contributed by atoms with Crippen molar-refractivity contribution in [3.63, 3.8) is 0 Å². The van der Waals surface area contributed by atoms with Crippen molar-refractivity contribution in [3.05, 3.63) is 30.6 Å². The largest absolute Gasteiger partial charge is 0.451 e. The number of furan rings is 1. The molecule has 4 rings (SSSR count). The zero-order chi connectivity index (χ0) is 15.6. The number of carbonyl (C=O) groups excluding carboxylic acids is 1. The Hall–Kier alpha value is -2.12. The van der Waals surface area contributed by atoms with Crippen LogP contribution in [0.2, 0.25) is 0 Å². The van der Waals surface area contributed by atoms with Gasteiger partial charge in [0.25, 0.3) is 0 Å². The predicted octanol–water partition coefficient (Wildman–Crippen LogP) is 2.33. The third-order valence-electron chi connectivity index (χ3n) is 3.82. The standard InChI is InChI=1S/C16H15N3O3S/c20-13(19-5-7-21-8-6-19)9-23-16-15-14(17-10-18-16)11-3-1-2-4-12(11)22-15/h1-4,10H,5-9H2. The fraction of sp³-hybridized carbons (Fsp3) is 0.312. The van der Waals surface area contributed by atoms with E-state index in [0.29, 0.717) is 42.7 Å². The van der Waals surface area contributed by atoms with Crippen LogP contribution in [0.5, 0.6) is 0 Å². The molecule has 0 spiro atoms. The number of morpholine rings is 1. The number of thioether (sulfide) groups is 1. The van der Waals surface area contributed by atoms with Crippen molar-refractivity contribution < 1.29 is 13.9 Å². The quantitative estimate of drug-likeness (QED) is 0.543. The van der Waals surface area contributed by atoms with Gasteiger partial charge in [0.1, 0.15) is 22.5 Å². The Labute approximate surface area is 136 Å². The van der Waals surface area contributed by atoms with Gasteiger partial charge in [0, 0.05) is 18.5 Å². The van der Waals surface area contributed by atoms with Crippen LogP contribution < -0.4 is 0 Å². The molecule has 1 aromatic carbocycles. The number of amides is 1. The molecule has 1 aliphatic rings. The van der Waals surface area contributed by atoms with E-state index in [4.69, 9.17) is 9.15 Å². The van der Waals surface area contributed by atoms with Crippen LogP contribution in [0.1, 0.15) is 0 Å². The maximum absolute atomic E-state index is 12.3. The molecule has 1 saturated heterocycles. The first-order chi connectivity index (χ1) is 11.3. The molecule has 0 radical (unpaired) electrons. The molecule has 0 bridgehead atoms. The Bertz CT molecular complexity index is 858. The van der Waals surface area contributed by atoms with E-state index in [0.717, 1.165) is 16.5 Å². The SMILES string of the molecule is O=C(CSc1ncnc2c1oc1ccccc12)N1CCOCC1. The second-order valence-corrected chi connectivity index (χ2v) is 6.20. The van der Waals surface area contributed by atoms with Gasteiger partial charge in [-0.3, -0.25) is 4.79 Å². The van der Waals surface area contributed by atoms with Gasteiger partial charge in [-0.05, 0) is 12.1 Å². The van der Waals surface area contributed by atoms with Gasteiger partial charge in [0.15, 0.2) is 5.58 Å². The summed E-state index contributed by atoms with van der Waals surface area (Å²) < 4.78 is 11.1. The summed E-state index contributed by atoms with van der Waals surface area (Å²) >= 11 is 1.39. The number of ether oxygens (including phenoxy) is 1. The minimum absolute atomic E-state index is 0.0983. The van der Waals surface area contributed by atoms with Gasteiger partial charge in [-0.2, -0.15) is 0 Å². The number of para-hydroxylation sites is 1. The number of fused-ring (bicyclic) bond motifs is 3. The first kappa shape index (κ1) is 14.5. The second-order valence-electron chi connectivity index (χ2n) is 5.24. The van der Waals surface area contributed by atoms with Crippen molar-refractivity contribution in [3.8, 4) is 0 Å². The summed E-state index contributed by atoms with van der Waals surface area (Å²) in [5, 5.41) is 1.67. The fourth-order valence-corrected chi connectivity index (χ4v) is 3.47. The highest BCUT2D eigenvalue weighted by atomic mass is 32.2. The van der Waals surface area contributed by atoms with Crippen LogP contribution in [0, 0.1) is 0 Å². The Morgan fingerprint density at radius 1 is 1.22 bits per heavy atom.